The van der Waals surface area contributed by atoms with Gasteiger partial charge in [0.1, 0.15) is 0 Å². The molecule has 0 amide bonds. The molecule has 0 unspecified atom stereocenters. The summed E-state index contributed by atoms with van der Waals surface area (Å²) in [5.41, 5.74) is 0. The van der Waals surface area contributed by atoms with E-state index in [1.165, 1.54) is 6.08 Å². The number of aliphatic imine (C=N–C) groups is 1. The highest BCUT2D eigenvalue weighted by atomic mass is 16.5. The molecule has 0 aromatic heterocycles. The van der Waals surface area contributed by atoms with Crippen molar-refractivity contribution in [1.82, 2.24) is 4.90 Å². The highest BCUT2D eigenvalue weighted by molar-refractivity contribution is 5.33. The van der Waals surface area contributed by atoms with E-state index in [0.29, 0.717) is 6.54 Å². The lowest BCUT2D eigenvalue weighted by atomic mass is 10.4. The molecule has 0 saturated carbocycles. The molecule has 13 heavy (non-hydrogen) atoms. The summed E-state index contributed by atoms with van der Waals surface area (Å²) < 4.78 is 5.21. The number of isocyanates is 1. The number of hydrogen-bond acceptors (Lipinski definition) is 4. The molecular formula is C9H14N2O2. The summed E-state index contributed by atoms with van der Waals surface area (Å²) >= 11 is 0. The first-order chi connectivity index (χ1) is 6.43. The standard InChI is InChI=1S/C9H14N2O2/c12-9-10-3-1-2-4-11-5-7-13-8-6-11/h1-2H,3-8H2/b2-1-. The quantitative estimate of drug-likeness (QED) is 0.354. The fraction of sp³-hybridized carbons (Fsp3) is 0.667. The van der Waals surface area contributed by atoms with Crippen LogP contribution in [-0.2, 0) is 9.53 Å². The van der Waals surface area contributed by atoms with Gasteiger partial charge in [-0.3, -0.25) is 4.90 Å². The number of rotatable bonds is 4. The zero-order valence-corrected chi connectivity index (χ0v) is 7.61. The van der Waals surface area contributed by atoms with Crippen molar-refractivity contribution in [3.63, 3.8) is 0 Å². The van der Waals surface area contributed by atoms with Gasteiger partial charge in [0.25, 0.3) is 0 Å². The lowest BCUT2D eigenvalue weighted by Crippen LogP contribution is -2.36. The monoisotopic (exact) mass is 182 g/mol. The second-order valence-electron chi connectivity index (χ2n) is 2.82. The van der Waals surface area contributed by atoms with E-state index in [0.717, 1.165) is 32.8 Å². The molecule has 0 bridgehead atoms. The third-order valence-corrected chi connectivity index (χ3v) is 1.90. The lowest BCUT2D eigenvalue weighted by molar-refractivity contribution is 0.0434. The van der Waals surface area contributed by atoms with E-state index in [2.05, 4.69) is 9.89 Å². The first-order valence-corrected chi connectivity index (χ1v) is 4.42. The number of ether oxygens (including phenoxy) is 1. The Labute approximate surface area is 77.9 Å². The lowest BCUT2D eigenvalue weighted by Gasteiger charge is -2.24. The van der Waals surface area contributed by atoms with Crippen LogP contribution in [0.3, 0.4) is 0 Å². The van der Waals surface area contributed by atoms with Crippen molar-refractivity contribution >= 4 is 6.08 Å². The molecule has 4 heteroatoms. The van der Waals surface area contributed by atoms with E-state index in [9.17, 15) is 4.79 Å². The summed E-state index contributed by atoms with van der Waals surface area (Å²) in [4.78, 5) is 15.4. The van der Waals surface area contributed by atoms with Crippen LogP contribution in [0.5, 0.6) is 0 Å². The maximum absolute atomic E-state index is 9.72. The third-order valence-electron chi connectivity index (χ3n) is 1.90. The molecule has 72 valence electrons. The van der Waals surface area contributed by atoms with Gasteiger partial charge in [0.2, 0.25) is 6.08 Å². The number of carbonyl (C=O) groups excluding carboxylic acids is 1. The van der Waals surface area contributed by atoms with Crippen molar-refractivity contribution in [2.45, 2.75) is 0 Å². The molecule has 0 aromatic rings. The minimum Gasteiger partial charge on any atom is -0.379 e. The topological polar surface area (TPSA) is 41.9 Å². The summed E-state index contributed by atoms with van der Waals surface area (Å²) in [5.74, 6) is 0. The Balaban J connectivity index is 2.09. The number of morpholine rings is 1. The van der Waals surface area contributed by atoms with Crippen LogP contribution in [0.25, 0.3) is 0 Å². The van der Waals surface area contributed by atoms with Gasteiger partial charge in [-0.05, 0) is 0 Å². The molecule has 1 saturated heterocycles. The summed E-state index contributed by atoms with van der Waals surface area (Å²) in [6, 6.07) is 0. The van der Waals surface area contributed by atoms with E-state index in [-0.39, 0.29) is 0 Å². The summed E-state index contributed by atoms with van der Waals surface area (Å²) in [7, 11) is 0. The highest BCUT2D eigenvalue weighted by Gasteiger charge is 2.07. The van der Waals surface area contributed by atoms with Gasteiger partial charge in [-0.15, -0.1) is 0 Å². The van der Waals surface area contributed by atoms with Gasteiger partial charge in [0.05, 0.1) is 19.8 Å². The van der Waals surface area contributed by atoms with E-state index in [1.54, 1.807) is 0 Å². The van der Waals surface area contributed by atoms with Crippen LogP contribution < -0.4 is 0 Å². The minimum absolute atomic E-state index is 0.438. The van der Waals surface area contributed by atoms with E-state index < -0.39 is 0 Å². The van der Waals surface area contributed by atoms with Crippen LogP contribution in [0.1, 0.15) is 0 Å². The zero-order chi connectivity index (χ0) is 9.36. The largest absolute Gasteiger partial charge is 0.379 e. The maximum Gasteiger partial charge on any atom is 0.235 e. The SMILES string of the molecule is O=C=NC/C=C\CN1CCOCC1. The predicted octanol–water partition coefficient (Wildman–Crippen LogP) is 0.211. The molecule has 0 spiro atoms. The smallest absolute Gasteiger partial charge is 0.235 e. The van der Waals surface area contributed by atoms with Crippen LogP contribution >= 0.6 is 0 Å². The molecule has 1 aliphatic heterocycles. The second-order valence-corrected chi connectivity index (χ2v) is 2.82. The summed E-state index contributed by atoms with van der Waals surface area (Å²) in [6.07, 6.45) is 5.39. The Hall–Kier alpha value is -0.960. The molecule has 0 atom stereocenters. The van der Waals surface area contributed by atoms with Crippen LogP contribution in [0.15, 0.2) is 17.1 Å². The van der Waals surface area contributed by atoms with Crippen molar-refractivity contribution in [3.05, 3.63) is 12.2 Å². The molecule has 1 rings (SSSR count). The molecule has 0 aliphatic carbocycles. The first-order valence-electron chi connectivity index (χ1n) is 4.42. The molecule has 0 radical (unpaired) electrons. The van der Waals surface area contributed by atoms with E-state index >= 15 is 0 Å². The Kier molecular flexibility index (Phi) is 5.10. The summed E-state index contributed by atoms with van der Waals surface area (Å²) in [5, 5.41) is 0. The van der Waals surface area contributed by atoms with Gasteiger partial charge in [-0.2, -0.15) is 0 Å². The van der Waals surface area contributed by atoms with Crippen molar-refractivity contribution in [1.29, 1.82) is 0 Å². The van der Waals surface area contributed by atoms with Crippen LogP contribution in [0, 0.1) is 0 Å². The van der Waals surface area contributed by atoms with Crippen LogP contribution in [0.2, 0.25) is 0 Å². The van der Waals surface area contributed by atoms with Crippen molar-refractivity contribution in [2.75, 3.05) is 39.4 Å². The molecule has 0 N–H and O–H groups in total. The zero-order valence-electron chi connectivity index (χ0n) is 7.61. The van der Waals surface area contributed by atoms with Gasteiger partial charge < -0.3 is 4.74 Å². The second kappa shape index (κ2) is 6.54. The number of hydrogen-bond donors (Lipinski definition) is 0. The van der Waals surface area contributed by atoms with Gasteiger partial charge >= 0.3 is 0 Å². The van der Waals surface area contributed by atoms with Crippen molar-refractivity contribution in [2.24, 2.45) is 4.99 Å². The van der Waals surface area contributed by atoms with Crippen LogP contribution in [0.4, 0.5) is 0 Å². The Bertz CT molecular complexity index is 204. The average molecular weight is 182 g/mol. The molecule has 4 nitrogen and oxygen atoms in total. The minimum atomic E-state index is 0.438. The molecular weight excluding hydrogens is 168 g/mol. The summed E-state index contributed by atoms with van der Waals surface area (Å²) in [6.45, 7) is 4.97. The third kappa shape index (κ3) is 4.58. The van der Waals surface area contributed by atoms with Crippen molar-refractivity contribution < 1.29 is 9.53 Å². The maximum atomic E-state index is 9.72. The molecule has 1 heterocycles. The number of nitrogens with zero attached hydrogens (tertiary/aromatic N) is 2. The van der Waals surface area contributed by atoms with Gasteiger partial charge in [0.15, 0.2) is 0 Å². The molecule has 1 aliphatic rings. The van der Waals surface area contributed by atoms with Gasteiger partial charge in [0, 0.05) is 19.6 Å². The fourth-order valence-corrected chi connectivity index (χ4v) is 1.17. The highest BCUT2D eigenvalue weighted by Crippen LogP contribution is 1.95. The average Bonchev–Trinajstić information content (AvgIpc) is 2.19. The van der Waals surface area contributed by atoms with Crippen LogP contribution in [-0.4, -0.2) is 50.4 Å². The Morgan fingerprint density at radius 1 is 1.38 bits per heavy atom. The Morgan fingerprint density at radius 3 is 2.85 bits per heavy atom. The molecule has 0 aromatic carbocycles. The predicted molar refractivity (Wildman–Crippen MR) is 49.4 cm³/mol. The van der Waals surface area contributed by atoms with E-state index in [1.807, 2.05) is 12.2 Å². The van der Waals surface area contributed by atoms with Gasteiger partial charge in [-0.25, -0.2) is 9.79 Å². The first kappa shape index (κ1) is 10.1. The fourth-order valence-electron chi connectivity index (χ4n) is 1.17. The molecule has 1 fully saturated rings. The Morgan fingerprint density at radius 2 is 2.15 bits per heavy atom. The van der Waals surface area contributed by atoms with Crippen molar-refractivity contribution in [3.8, 4) is 0 Å². The van der Waals surface area contributed by atoms with Gasteiger partial charge in [-0.1, -0.05) is 12.2 Å². The normalized spacial score (nSPS) is 18.8. The van der Waals surface area contributed by atoms with E-state index in [4.69, 9.17) is 4.74 Å².